The summed E-state index contributed by atoms with van der Waals surface area (Å²) in [6.45, 7) is 3.22. The molecule has 0 unspecified atom stereocenters. The fourth-order valence-corrected chi connectivity index (χ4v) is 2.39. The molecule has 0 aromatic heterocycles. The summed E-state index contributed by atoms with van der Waals surface area (Å²) >= 11 is 0. The van der Waals surface area contributed by atoms with Gasteiger partial charge >= 0.3 is 0 Å². The predicted molar refractivity (Wildman–Crippen MR) is 79.0 cm³/mol. The minimum absolute atomic E-state index is 0.436. The molecule has 2 N–H and O–H groups in total. The SMILES string of the molecule is CNCC[C@@H](O)c1cccc(OCC2CCOCC2)c1. The Kier molecular flexibility index (Phi) is 6.30. The highest BCUT2D eigenvalue weighted by molar-refractivity contribution is 5.29. The van der Waals surface area contributed by atoms with Crippen LogP contribution in [-0.2, 0) is 4.74 Å². The Morgan fingerprint density at radius 1 is 1.40 bits per heavy atom. The first-order chi connectivity index (χ1) is 9.79. The van der Waals surface area contributed by atoms with Gasteiger partial charge in [0, 0.05) is 13.2 Å². The van der Waals surface area contributed by atoms with E-state index in [0.29, 0.717) is 12.3 Å². The van der Waals surface area contributed by atoms with E-state index >= 15 is 0 Å². The number of benzene rings is 1. The number of ether oxygens (including phenoxy) is 2. The smallest absolute Gasteiger partial charge is 0.119 e. The van der Waals surface area contributed by atoms with Crippen molar-refractivity contribution in [1.29, 1.82) is 0 Å². The van der Waals surface area contributed by atoms with E-state index in [1.165, 1.54) is 0 Å². The van der Waals surface area contributed by atoms with E-state index in [2.05, 4.69) is 5.32 Å². The van der Waals surface area contributed by atoms with E-state index in [9.17, 15) is 5.11 Å². The third-order valence-corrected chi connectivity index (χ3v) is 3.74. The third kappa shape index (κ3) is 4.78. The Bertz CT molecular complexity index is 391. The van der Waals surface area contributed by atoms with Crippen LogP contribution < -0.4 is 10.1 Å². The number of nitrogens with one attached hydrogen (secondary N) is 1. The Morgan fingerprint density at radius 2 is 2.20 bits per heavy atom. The molecule has 0 saturated carbocycles. The fourth-order valence-electron chi connectivity index (χ4n) is 2.39. The summed E-state index contributed by atoms with van der Waals surface area (Å²) in [5, 5.41) is 13.1. The van der Waals surface area contributed by atoms with Crippen LogP contribution in [0.5, 0.6) is 5.75 Å². The normalized spacial score (nSPS) is 17.9. The molecule has 0 radical (unpaired) electrons. The largest absolute Gasteiger partial charge is 0.493 e. The van der Waals surface area contributed by atoms with Crippen molar-refractivity contribution < 1.29 is 14.6 Å². The second kappa shape index (κ2) is 8.25. The highest BCUT2D eigenvalue weighted by Crippen LogP contribution is 2.23. The Balaban J connectivity index is 1.85. The molecule has 1 heterocycles. The van der Waals surface area contributed by atoms with Gasteiger partial charge in [0.2, 0.25) is 0 Å². The van der Waals surface area contributed by atoms with Gasteiger partial charge in [-0.25, -0.2) is 0 Å². The lowest BCUT2D eigenvalue weighted by Gasteiger charge is -2.22. The summed E-state index contributed by atoms with van der Waals surface area (Å²) in [7, 11) is 1.89. The predicted octanol–water partition coefficient (Wildman–Crippen LogP) is 2.13. The first kappa shape index (κ1) is 15.3. The number of rotatable bonds is 7. The van der Waals surface area contributed by atoms with E-state index < -0.39 is 6.10 Å². The standard InChI is InChI=1S/C16H25NO3/c1-17-8-5-16(18)14-3-2-4-15(11-14)20-12-13-6-9-19-10-7-13/h2-4,11,13,16-18H,5-10,12H2,1H3/t16-/m1/s1. The van der Waals surface area contributed by atoms with Gasteiger partial charge < -0.3 is 19.9 Å². The van der Waals surface area contributed by atoms with Crippen LogP contribution in [0.1, 0.15) is 30.9 Å². The maximum Gasteiger partial charge on any atom is 0.119 e. The molecule has 1 aromatic rings. The molecule has 1 aliphatic rings. The Hall–Kier alpha value is -1.10. The summed E-state index contributed by atoms with van der Waals surface area (Å²) in [6.07, 6.45) is 2.42. The lowest BCUT2D eigenvalue weighted by Crippen LogP contribution is -2.21. The molecule has 4 heteroatoms. The second-order valence-corrected chi connectivity index (χ2v) is 5.35. The van der Waals surface area contributed by atoms with Crippen LogP contribution in [0.25, 0.3) is 0 Å². The zero-order valence-corrected chi connectivity index (χ0v) is 12.2. The lowest BCUT2D eigenvalue weighted by atomic mass is 10.0. The van der Waals surface area contributed by atoms with E-state index in [4.69, 9.17) is 9.47 Å². The fraction of sp³-hybridized carbons (Fsp3) is 0.625. The van der Waals surface area contributed by atoms with E-state index in [-0.39, 0.29) is 0 Å². The van der Waals surface area contributed by atoms with Gasteiger partial charge in [-0.1, -0.05) is 12.1 Å². The van der Waals surface area contributed by atoms with E-state index in [1.807, 2.05) is 31.3 Å². The zero-order chi connectivity index (χ0) is 14.2. The maximum atomic E-state index is 10.1. The molecule has 1 aliphatic heterocycles. The van der Waals surface area contributed by atoms with Gasteiger partial charge in [0.05, 0.1) is 12.7 Å². The molecule has 0 aliphatic carbocycles. The van der Waals surface area contributed by atoms with Crippen molar-refractivity contribution in [1.82, 2.24) is 5.32 Å². The summed E-state index contributed by atoms with van der Waals surface area (Å²) in [6, 6.07) is 7.78. The van der Waals surface area contributed by atoms with Crippen molar-refractivity contribution in [2.75, 3.05) is 33.4 Å². The molecule has 0 spiro atoms. The van der Waals surface area contributed by atoms with Gasteiger partial charge in [0.15, 0.2) is 0 Å². The van der Waals surface area contributed by atoms with Crippen LogP contribution in [0.4, 0.5) is 0 Å². The molecule has 4 nitrogen and oxygen atoms in total. The van der Waals surface area contributed by atoms with Crippen molar-refractivity contribution in [2.24, 2.45) is 5.92 Å². The monoisotopic (exact) mass is 279 g/mol. The van der Waals surface area contributed by atoms with Crippen LogP contribution in [0.15, 0.2) is 24.3 Å². The molecule has 1 fully saturated rings. The average molecular weight is 279 g/mol. The van der Waals surface area contributed by atoms with Crippen LogP contribution >= 0.6 is 0 Å². The Morgan fingerprint density at radius 3 is 2.95 bits per heavy atom. The molecule has 0 amide bonds. The molecule has 2 rings (SSSR count). The van der Waals surface area contributed by atoms with E-state index in [0.717, 1.165) is 50.5 Å². The highest BCUT2D eigenvalue weighted by Gasteiger charge is 2.14. The first-order valence-electron chi connectivity index (χ1n) is 7.42. The van der Waals surface area contributed by atoms with Crippen molar-refractivity contribution >= 4 is 0 Å². The molecular weight excluding hydrogens is 254 g/mol. The summed E-state index contributed by atoms with van der Waals surface area (Å²) in [4.78, 5) is 0. The van der Waals surface area contributed by atoms with Gasteiger partial charge in [-0.2, -0.15) is 0 Å². The molecule has 1 aromatic carbocycles. The minimum Gasteiger partial charge on any atom is -0.493 e. The summed E-state index contributed by atoms with van der Waals surface area (Å²) < 4.78 is 11.2. The van der Waals surface area contributed by atoms with Gasteiger partial charge in [0.25, 0.3) is 0 Å². The second-order valence-electron chi connectivity index (χ2n) is 5.35. The summed E-state index contributed by atoms with van der Waals surface area (Å²) in [5.41, 5.74) is 0.921. The van der Waals surface area contributed by atoms with Gasteiger partial charge in [-0.05, 0) is 56.5 Å². The molecule has 1 saturated heterocycles. The van der Waals surface area contributed by atoms with Crippen molar-refractivity contribution in [2.45, 2.75) is 25.4 Å². The van der Waals surface area contributed by atoms with Crippen LogP contribution in [0.2, 0.25) is 0 Å². The Labute approximate surface area is 121 Å². The highest BCUT2D eigenvalue weighted by atomic mass is 16.5. The van der Waals surface area contributed by atoms with Crippen molar-refractivity contribution in [3.63, 3.8) is 0 Å². The molecule has 1 atom stereocenters. The van der Waals surface area contributed by atoms with Gasteiger partial charge in [0.1, 0.15) is 5.75 Å². The quantitative estimate of drug-likeness (QED) is 0.803. The zero-order valence-electron chi connectivity index (χ0n) is 12.2. The van der Waals surface area contributed by atoms with Gasteiger partial charge in [-0.15, -0.1) is 0 Å². The maximum absolute atomic E-state index is 10.1. The third-order valence-electron chi connectivity index (χ3n) is 3.74. The lowest BCUT2D eigenvalue weighted by molar-refractivity contribution is 0.0497. The summed E-state index contributed by atoms with van der Waals surface area (Å²) in [5.74, 6) is 1.43. The average Bonchev–Trinajstić information content (AvgIpc) is 2.52. The molecular formula is C16H25NO3. The first-order valence-corrected chi connectivity index (χ1v) is 7.42. The number of hydrogen-bond donors (Lipinski definition) is 2. The minimum atomic E-state index is -0.436. The molecule has 112 valence electrons. The van der Waals surface area contributed by atoms with Crippen LogP contribution in [-0.4, -0.2) is 38.5 Å². The molecule has 0 bridgehead atoms. The number of aliphatic hydroxyl groups excluding tert-OH is 1. The topological polar surface area (TPSA) is 50.7 Å². The molecule has 20 heavy (non-hydrogen) atoms. The number of hydrogen-bond acceptors (Lipinski definition) is 4. The van der Waals surface area contributed by atoms with Crippen LogP contribution in [0, 0.1) is 5.92 Å². The van der Waals surface area contributed by atoms with Crippen LogP contribution in [0.3, 0.4) is 0 Å². The van der Waals surface area contributed by atoms with Gasteiger partial charge in [-0.3, -0.25) is 0 Å². The van der Waals surface area contributed by atoms with E-state index in [1.54, 1.807) is 0 Å². The van der Waals surface area contributed by atoms with Crippen molar-refractivity contribution in [3.8, 4) is 5.75 Å². The van der Waals surface area contributed by atoms with Crippen molar-refractivity contribution in [3.05, 3.63) is 29.8 Å². The number of aliphatic hydroxyl groups is 1.